The molecule has 0 spiro atoms. The zero-order valence-electron chi connectivity index (χ0n) is 9.03. The molecular formula is C12H11F2NOS. The van der Waals surface area contributed by atoms with Crippen molar-refractivity contribution in [1.29, 1.82) is 0 Å². The second-order valence-corrected chi connectivity index (χ2v) is 4.20. The molecule has 1 heterocycles. The monoisotopic (exact) mass is 255 g/mol. The number of aryl methyl sites for hydroxylation is 1. The molecule has 0 aliphatic carbocycles. The van der Waals surface area contributed by atoms with Gasteiger partial charge in [-0.2, -0.15) is 0 Å². The maximum atomic E-state index is 13.2. The third-order valence-corrected chi connectivity index (χ3v) is 2.86. The lowest BCUT2D eigenvalue weighted by atomic mass is 10.2. The van der Waals surface area contributed by atoms with Gasteiger partial charge in [-0.25, -0.2) is 13.8 Å². The average Bonchev–Trinajstić information content (AvgIpc) is 2.80. The highest BCUT2D eigenvalue weighted by Crippen LogP contribution is 2.20. The summed E-state index contributed by atoms with van der Waals surface area (Å²) in [6.45, 7) is 0.273. The highest BCUT2D eigenvalue weighted by Gasteiger charge is 2.08. The molecule has 0 amide bonds. The first-order chi connectivity index (χ1) is 8.27. The molecule has 0 fully saturated rings. The molecule has 1 aromatic carbocycles. The number of benzene rings is 1. The van der Waals surface area contributed by atoms with E-state index in [-0.39, 0.29) is 12.4 Å². The molecule has 0 aliphatic rings. The van der Waals surface area contributed by atoms with Gasteiger partial charge >= 0.3 is 0 Å². The lowest BCUT2D eigenvalue weighted by Crippen LogP contribution is -2.02. The molecule has 2 nitrogen and oxygen atoms in total. The molecular weight excluding hydrogens is 244 g/mol. The Bertz CT molecular complexity index is 453. The van der Waals surface area contributed by atoms with Crippen molar-refractivity contribution < 1.29 is 13.5 Å². The van der Waals surface area contributed by atoms with Crippen molar-refractivity contribution in [2.24, 2.45) is 0 Å². The number of halogens is 2. The minimum atomic E-state index is -0.668. The normalized spacial score (nSPS) is 10.5. The number of thiazole rings is 1. The summed E-state index contributed by atoms with van der Waals surface area (Å²) in [4.78, 5) is 4.11. The molecule has 0 radical (unpaired) electrons. The maximum Gasteiger partial charge on any atom is 0.190 e. The highest BCUT2D eigenvalue weighted by atomic mass is 32.1. The molecule has 90 valence electrons. The first-order valence-electron chi connectivity index (χ1n) is 5.21. The second-order valence-electron chi connectivity index (χ2n) is 3.48. The second kappa shape index (κ2) is 5.72. The van der Waals surface area contributed by atoms with Crippen LogP contribution in [0.3, 0.4) is 0 Å². The lowest BCUT2D eigenvalue weighted by molar-refractivity contribution is 0.279. The van der Waals surface area contributed by atoms with Gasteiger partial charge in [0.05, 0.1) is 17.8 Å². The van der Waals surface area contributed by atoms with Gasteiger partial charge in [-0.15, -0.1) is 11.3 Å². The van der Waals surface area contributed by atoms with E-state index in [0.29, 0.717) is 6.42 Å². The van der Waals surface area contributed by atoms with E-state index in [1.165, 1.54) is 29.5 Å². The lowest BCUT2D eigenvalue weighted by Gasteiger charge is -2.07. The van der Waals surface area contributed by atoms with E-state index in [1.807, 2.05) is 5.38 Å². The highest BCUT2D eigenvalue weighted by molar-refractivity contribution is 7.07. The van der Waals surface area contributed by atoms with Gasteiger partial charge < -0.3 is 4.74 Å². The summed E-state index contributed by atoms with van der Waals surface area (Å²) in [5, 5.41) is 1.95. The number of para-hydroxylation sites is 1. The van der Waals surface area contributed by atoms with Crippen molar-refractivity contribution in [3.05, 3.63) is 46.4 Å². The Hall–Kier alpha value is -1.49. The Kier molecular flexibility index (Phi) is 4.03. The maximum absolute atomic E-state index is 13.2. The van der Waals surface area contributed by atoms with Crippen molar-refractivity contribution in [3.63, 3.8) is 0 Å². The number of nitrogens with zero attached hydrogens (tertiary/aromatic N) is 1. The van der Waals surface area contributed by atoms with Crippen molar-refractivity contribution in [3.8, 4) is 5.75 Å². The third-order valence-electron chi connectivity index (χ3n) is 2.23. The van der Waals surface area contributed by atoms with Crippen molar-refractivity contribution >= 4 is 11.3 Å². The predicted molar refractivity (Wildman–Crippen MR) is 62.3 cm³/mol. The molecule has 0 saturated carbocycles. The SMILES string of the molecule is Fc1cccc(F)c1OCCCc1cscn1. The predicted octanol–water partition coefficient (Wildman–Crippen LogP) is 3.43. The summed E-state index contributed by atoms with van der Waals surface area (Å²) in [5.41, 5.74) is 2.74. The molecule has 0 unspecified atom stereocenters. The van der Waals surface area contributed by atoms with Crippen LogP contribution < -0.4 is 4.74 Å². The van der Waals surface area contributed by atoms with Crippen LogP contribution in [0.15, 0.2) is 29.1 Å². The molecule has 0 saturated heterocycles. The molecule has 2 rings (SSSR count). The van der Waals surface area contributed by atoms with Gasteiger partial charge in [0.2, 0.25) is 0 Å². The first-order valence-corrected chi connectivity index (χ1v) is 6.15. The molecule has 1 aromatic heterocycles. The van der Waals surface area contributed by atoms with Crippen molar-refractivity contribution in [2.75, 3.05) is 6.61 Å². The largest absolute Gasteiger partial charge is 0.488 e. The van der Waals surface area contributed by atoms with Crippen LogP contribution in [0.1, 0.15) is 12.1 Å². The molecule has 0 N–H and O–H groups in total. The van der Waals surface area contributed by atoms with Crippen molar-refractivity contribution in [1.82, 2.24) is 4.98 Å². The summed E-state index contributed by atoms with van der Waals surface area (Å²) >= 11 is 1.53. The van der Waals surface area contributed by atoms with Gasteiger partial charge in [0.25, 0.3) is 0 Å². The number of ether oxygens (including phenoxy) is 1. The molecule has 0 bridgehead atoms. The van der Waals surface area contributed by atoms with Gasteiger partial charge in [-0.1, -0.05) is 6.07 Å². The van der Waals surface area contributed by atoms with Gasteiger partial charge in [-0.05, 0) is 25.0 Å². The Morgan fingerprint density at radius 2 is 2.00 bits per heavy atom. The van der Waals surface area contributed by atoms with Gasteiger partial charge in [0.15, 0.2) is 17.4 Å². The molecule has 0 aliphatic heterocycles. The molecule has 17 heavy (non-hydrogen) atoms. The van der Waals surface area contributed by atoms with E-state index in [0.717, 1.165) is 12.1 Å². The van der Waals surface area contributed by atoms with E-state index in [1.54, 1.807) is 5.51 Å². The summed E-state index contributed by atoms with van der Waals surface area (Å²) in [6.07, 6.45) is 1.43. The Balaban J connectivity index is 1.82. The smallest absolute Gasteiger partial charge is 0.190 e. The van der Waals surface area contributed by atoms with Crippen LogP contribution in [-0.4, -0.2) is 11.6 Å². The summed E-state index contributed by atoms with van der Waals surface area (Å²) in [5.74, 6) is -1.64. The minimum absolute atomic E-state index is 0.273. The van der Waals surface area contributed by atoms with Crippen LogP contribution in [0, 0.1) is 11.6 Å². The molecule has 5 heteroatoms. The topological polar surface area (TPSA) is 22.1 Å². The number of aromatic nitrogens is 1. The zero-order valence-corrected chi connectivity index (χ0v) is 9.84. The van der Waals surface area contributed by atoms with Crippen LogP contribution in [0.25, 0.3) is 0 Å². The quantitative estimate of drug-likeness (QED) is 0.764. The van der Waals surface area contributed by atoms with Crippen molar-refractivity contribution in [2.45, 2.75) is 12.8 Å². The number of rotatable bonds is 5. The van der Waals surface area contributed by atoms with Gasteiger partial charge in [-0.3, -0.25) is 0 Å². The van der Waals surface area contributed by atoms with Crippen LogP contribution in [-0.2, 0) is 6.42 Å². The van der Waals surface area contributed by atoms with E-state index in [2.05, 4.69) is 4.98 Å². The standard InChI is InChI=1S/C12H11F2NOS/c13-10-4-1-5-11(14)12(10)16-6-2-3-9-7-17-8-15-9/h1,4-5,7-8H,2-3,6H2. The molecule has 2 aromatic rings. The van der Waals surface area contributed by atoms with E-state index < -0.39 is 11.6 Å². The zero-order chi connectivity index (χ0) is 12.1. The average molecular weight is 255 g/mol. The fraction of sp³-hybridized carbons (Fsp3) is 0.250. The van der Waals surface area contributed by atoms with Crippen LogP contribution in [0.2, 0.25) is 0 Å². The van der Waals surface area contributed by atoms with E-state index >= 15 is 0 Å². The fourth-order valence-electron chi connectivity index (χ4n) is 1.41. The van der Waals surface area contributed by atoms with Crippen LogP contribution in [0.4, 0.5) is 8.78 Å². The Morgan fingerprint density at radius 3 is 2.65 bits per heavy atom. The number of hydrogen-bond donors (Lipinski definition) is 0. The Morgan fingerprint density at radius 1 is 1.24 bits per heavy atom. The minimum Gasteiger partial charge on any atom is -0.488 e. The van der Waals surface area contributed by atoms with Gasteiger partial charge in [0.1, 0.15) is 0 Å². The van der Waals surface area contributed by atoms with E-state index in [9.17, 15) is 8.78 Å². The van der Waals surface area contributed by atoms with Gasteiger partial charge in [0, 0.05) is 5.38 Å². The number of hydrogen-bond acceptors (Lipinski definition) is 3. The first kappa shape index (κ1) is 12.0. The Labute approximate surface area is 102 Å². The summed E-state index contributed by atoms with van der Waals surface area (Å²) < 4.78 is 31.4. The molecule has 0 atom stereocenters. The third kappa shape index (κ3) is 3.23. The summed E-state index contributed by atoms with van der Waals surface area (Å²) in [7, 11) is 0. The summed E-state index contributed by atoms with van der Waals surface area (Å²) in [6, 6.07) is 3.67. The van der Waals surface area contributed by atoms with Crippen LogP contribution in [0.5, 0.6) is 5.75 Å². The van der Waals surface area contributed by atoms with Crippen LogP contribution >= 0.6 is 11.3 Å². The van der Waals surface area contributed by atoms with E-state index in [4.69, 9.17) is 4.74 Å². The fourth-order valence-corrected chi connectivity index (χ4v) is 2.00.